The Labute approximate surface area is 223 Å². The predicted octanol–water partition coefficient (Wildman–Crippen LogP) is 9.17. The molecular weight excluding hydrogens is 464 g/mol. The minimum atomic E-state index is -0.541. The van der Waals surface area contributed by atoms with Gasteiger partial charge in [-0.15, -0.1) is 0 Å². The van der Waals surface area contributed by atoms with Gasteiger partial charge in [-0.3, -0.25) is 0 Å². The average molecular weight is 513 g/mol. The van der Waals surface area contributed by atoms with Crippen molar-refractivity contribution in [2.24, 2.45) is 0 Å². The topological polar surface area (TPSA) is 57.9 Å². The highest BCUT2D eigenvalue weighted by Crippen LogP contribution is 2.39. The van der Waals surface area contributed by atoms with Crippen LogP contribution in [0.5, 0.6) is 17.2 Å². The first-order valence-corrected chi connectivity index (χ1v) is 14.1. The lowest BCUT2D eigenvalue weighted by Gasteiger charge is -2.17. The van der Waals surface area contributed by atoms with Crippen molar-refractivity contribution in [3.8, 4) is 17.2 Å². The second kappa shape index (κ2) is 16.9. The number of hydrogen-bond donors (Lipinski definition) is 0. The van der Waals surface area contributed by atoms with E-state index in [1.54, 1.807) is 6.07 Å². The third-order valence-electron chi connectivity index (χ3n) is 6.17. The lowest BCUT2D eigenvalue weighted by molar-refractivity contribution is 0.216. The number of benzene rings is 1. The molecule has 0 atom stereocenters. The van der Waals surface area contributed by atoms with Crippen molar-refractivity contribution in [3.05, 3.63) is 51.9 Å². The molecule has 0 amide bonds. The molecule has 0 bridgehead atoms. The molecule has 2 rings (SSSR count). The second-order valence-electron chi connectivity index (χ2n) is 10.3. The van der Waals surface area contributed by atoms with Gasteiger partial charge in [-0.25, -0.2) is 4.79 Å². The zero-order valence-corrected chi connectivity index (χ0v) is 24.0. The Hall–Kier alpha value is -2.69. The van der Waals surface area contributed by atoms with Gasteiger partial charge < -0.3 is 18.6 Å². The van der Waals surface area contributed by atoms with E-state index in [9.17, 15) is 4.79 Å². The second-order valence-corrected chi connectivity index (χ2v) is 10.3. The van der Waals surface area contributed by atoms with E-state index in [2.05, 4.69) is 39.8 Å². The molecule has 0 N–H and O–H groups in total. The van der Waals surface area contributed by atoms with E-state index in [-0.39, 0.29) is 11.9 Å². The van der Waals surface area contributed by atoms with Crippen LogP contribution in [-0.2, 0) is 0 Å². The molecule has 0 aliphatic carbocycles. The lowest BCUT2D eigenvalue weighted by atomic mass is 10.1. The highest BCUT2D eigenvalue weighted by molar-refractivity contribution is 5.91. The minimum absolute atomic E-state index is 0.0984. The van der Waals surface area contributed by atoms with Crippen LogP contribution in [0.25, 0.3) is 11.0 Å². The van der Waals surface area contributed by atoms with Gasteiger partial charge >= 0.3 is 5.63 Å². The molecule has 0 spiro atoms. The standard InChI is InChI=1S/C32H48O5/c1-7-8-9-10-11-12-13-14-22-34-27-19-16-20-28-29(27)30(31(32(33)37-28)36-25(4)5)35-23-21-26(6)18-15-17-24(2)3/h16-17,19-21,25H,7-15,18,22-23H2,1-6H3/b26-21+. The van der Waals surface area contributed by atoms with Crippen molar-refractivity contribution in [1.82, 2.24) is 0 Å². The molecule has 0 aliphatic rings. The van der Waals surface area contributed by atoms with Gasteiger partial charge in [-0.2, -0.15) is 0 Å². The molecule has 1 aromatic heterocycles. The Bertz CT molecular complexity index is 1060. The van der Waals surface area contributed by atoms with Gasteiger partial charge in [0.15, 0.2) is 5.75 Å². The Morgan fingerprint density at radius 1 is 0.919 bits per heavy atom. The molecule has 0 saturated carbocycles. The molecule has 37 heavy (non-hydrogen) atoms. The molecule has 0 radical (unpaired) electrons. The Morgan fingerprint density at radius 2 is 1.62 bits per heavy atom. The fourth-order valence-electron chi connectivity index (χ4n) is 4.14. The lowest BCUT2D eigenvalue weighted by Crippen LogP contribution is -2.15. The van der Waals surface area contributed by atoms with Crippen LogP contribution in [0.15, 0.2) is 50.7 Å². The minimum Gasteiger partial charge on any atom is -0.493 e. The van der Waals surface area contributed by atoms with Gasteiger partial charge in [0.2, 0.25) is 5.75 Å². The summed E-state index contributed by atoms with van der Waals surface area (Å²) in [6.07, 6.45) is 16.0. The average Bonchev–Trinajstić information content (AvgIpc) is 2.84. The Balaban J connectivity index is 2.17. The summed E-state index contributed by atoms with van der Waals surface area (Å²) in [5, 5.41) is 0.646. The van der Waals surface area contributed by atoms with Crippen LogP contribution in [-0.4, -0.2) is 19.3 Å². The molecule has 0 fully saturated rings. The van der Waals surface area contributed by atoms with Crippen molar-refractivity contribution >= 4 is 11.0 Å². The molecule has 1 aromatic carbocycles. The molecule has 5 nitrogen and oxygen atoms in total. The predicted molar refractivity (Wildman–Crippen MR) is 154 cm³/mol. The van der Waals surface area contributed by atoms with Gasteiger partial charge in [0.25, 0.3) is 0 Å². The van der Waals surface area contributed by atoms with Crippen molar-refractivity contribution < 1.29 is 18.6 Å². The van der Waals surface area contributed by atoms with Gasteiger partial charge in [0, 0.05) is 0 Å². The molecule has 2 aromatic rings. The fourth-order valence-corrected chi connectivity index (χ4v) is 4.14. The zero-order chi connectivity index (χ0) is 27.0. The van der Waals surface area contributed by atoms with Crippen molar-refractivity contribution in [2.75, 3.05) is 13.2 Å². The Morgan fingerprint density at radius 3 is 2.30 bits per heavy atom. The summed E-state index contributed by atoms with van der Waals surface area (Å²) >= 11 is 0. The van der Waals surface area contributed by atoms with E-state index in [4.69, 9.17) is 18.6 Å². The van der Waals surface area contributed by atoms with Gasteiger partial charge in [0.05, 0.1) is 12.7 Å². The number of ether oxygens (including phenoxy) is 3. The summed E-state index contributed by atoms with van der Waals surface area (Å²) in [6, 6.07) is 5.51. The first-order valence-electron chi connectivity index (χ1n) is 14.1. The first kappa shape index (κ1) is 30.5. The SMILES string of the molecule is CCCCCCCCCCOc1cccc2oc(=O)c(OC(C)C)c(OC/C=C(\C)CCC=C(C)C)c12. The Kier molecular flexibility index (Phi) is 14.0. The smallest absolute Gasteiger partial charge is 0.383 e. The molecular formula is C32H48O5. The van der Waals surface area contributed by atoms with E-state index >= 15 is 0 Å². The van der Waals surface area contributed by atoms with Crippen LogP contribution in [0.1, 0.15) is 106 Å². The van der Waals surface area contributed by atoms with Crippen LogP contribution in [0.2, 0.25) is 0 Å². The van der Waals surface area contributed by atoms with Crippen LogP contribution in [0.3, 0.4) is 0 Å². The number of allylic oxidation sites excluding steroid dienone is 3. The van der Waals surface area contributed by atoms with Crippen molar-refractivity contribution in [2.45, 2.75) is 112 Å². The molecule has 0 unspecified atom stereocenters. The summed E-state index contributed by atoms with van der Waals surface area (Å²) in [7, 11) is 0. The summed E-state index contributed by atoms with van der Waals surface area (Å²) in [5.74, 6) is 1.14. The number of unbranched alkanes of at least 4 members (excludes halogenated alkanes) is 7. The van der Waals surface area contributed by atoms with E-state index in [1.165, 1.54) is 49.7 Å². The van der Waals surface area contributed by atoms with Crippen LogP contribution >= 0.6 is 0 Å². The molecule has 5 heteroatoms. The fraction of sp³-hybridized carbons (Fsp3) is 0.594. The molecule has 0 aliphatic heterocycles. The normalized spacial score (nSPS) is 11.7. The highest BCUT2D eigenvalue weighted by atomic mass is 16.5. The summed E-state index contributed by atoms with van der Waals surface area (Å²) < 4.78 is 23.9. The summed E-state index contributed by atoms with van der Waals surface area (Å²) in [4.78, 5) is 12.8. The maximum absolute atomic E-state index is 12.8. The van der Waals surface area contributed by atoms with E-state index in [0.29, 0.717) is 35.7 Å². The van der Waals surface area contributed by atoms with E-state index < -0.39 is 5.63 Å². The van der Waals surface area contributed by atoms with Crippen LogP contribution < -0.4 is 19.8 Å². The summed E-state index contributed by atoms with van der Waals surface area (Å²) in [5.41, 5.74) is 2.46. The third kappa shape index (κ3) is 11.1. The van der Waals surface area contributed by atoms with Crippen LogP contribution in [0.4, 0.5) is 0 Å². The molecule has 0 saturated heterocycles. The number of hydrogen-bond acceptors (Lipinski definition) is 5. The third-order valence-corrected chi connectivity index (χ3v) is 6.17. The maximum Gasteiger partial charge on any atom is 0.383 e. The van der Waals surface area contributed by atoms with E-state index in [1.807, 2.05) is 26.0 Å². The summed E-state index contributed by atoms with van der Waals surface area (Å²) in [6.45, 7) is 13.3. The van der Waals surface area contributed by atoms with Gasteiger partial charge in [-0.05, 0) is 72.1 Å². The molecule has 206 valence electrons. The number of fused-ring (bicyclic) bond motifs is 1. The first-order chi connectivity index (χ1) is 17.8. The van der Waals surface area contributed by atoms with Crippen molar-refractivity contribution in [1.29, 1.82) is 0 Å². The van der Waals surface area contributed by atoms with E-state index in [0.717, 1.165) is 25.7 Å². The van der Waals surface area contributed by atoms with Crippen molar-refractivity contribution in [3.63, 3.8) is 0 Å². The van der Waals surface area contributed by atoms with Gasteiger partial charge in [0.1, 0.15) is 23.3 Å². The quantitative estimate of drug-likeness (QED) is 0.113. The maximum atomic E-state index is 12.8. The molecule has 1 heterocycles. The largest absolute Gasteiger partial charge is 0.493 e. The van der Waals surface area contributed by atoms with Gasteiger partial charge in [-0.1, -0.05) is 75.2 Å². The number of rotatable bonds is 18. The highest BCUT2D eigenvalue weighted by Gasteiger charge is 2.22. The zero-order valence-electron chi connectivity index (χ0n) is 24.0. The van der Waals surface area contributed by atoms with Crippen LogP contribution in [0, 0.1) is 0 Å². The monoisotopic (exact) mass is 512 g/mol.